The third-order valence-corrected chi connectivity index (χ3v) is 5.81. The Balaban J connectivity index is 1.53. The van der Waals surface area contributed by atoms with E-state index in [0.717, 1.165) is 48.2 Å². The molecule has 2 fully saturated rings. The van der Waals surface area contributed by atoms with Gasteiger partial charge in [0.25, 0.3) is 0 Å². The van der Waals surface area contributed by atoms with Gasteiger partial charge in [0, 0.05) is 38.2 Å². The second-order valence-corrected chi connectivity index (χ2v) is 8.00. The molecule has 156 valence electrons. The van der Waals surface area contributed by atoms with Gasteiger partial charge in [-0.25, -0.2) is 0 Å². The van der Waals surface area contributed by atoms with Gasteiger partial charge in [0.05, 0.1) is 24.9 Å². The van der Waals surface area contributed by atoms with E-state index in [2.05, 4.69) is 4.90 Å². The molecule has 2 aromatic carbocycles. The molecule has 2 aliphatic rings. The SMILES string of the molecule is NCc1ccc(C2O[C@H](CN3CC[C@@H](O)C3)C[C@H](c3ccc(CO)cc3)O2)cc1. The first-order valence-corrected chi connectivity index (χ1v) is 10.3. The van der Waals surface area contributed by atoms with E-state index in [1.165, 1.54) is 0 Å². The minimum atomic E-state index is -0.449. The molecule has 2 saturated heterocycles. The number of aliphatic hydroxyl groups is 2. The number of benzene rings is 2. The Morgan fingerprint density at radius 2 is 1.66 bits per heavy atom. The highest BCUT2D eigenvalue weighted by Gasteiger charge is 2.34. The average Bonchev–Trinajstić information content (AvgIpc) is 3.18. The average molecular weight is 399 g/mol. The van der Waals surface area contributed by atoms with Gasteiger partial charge in [-0.05, 0) is 23.1 Å². The maximum Gasteiger partial charge on any atom is 0.184 e. The van der Waals surface area contributed by atoms with E-state index in [4.69, 9.17) is 15.2 Å². The van der Waals surface area contributed by atoms with Gasteiger partial charge in [0.1, 0.15) is 0 Å². The van der Waals surface area contributed by atoms with Crippen molar-refractivity contribution in [2.75, 3.05) is 19.6 Å². The summed E-state index contributed by atoms with van der Waals surface area (Å²) in [5.74, 6) is 0. The Morgan fingerprint density at radius 3 is 2.28 bits per heavy atom. The first kappa shape index (κ1) is 20.5. The van der Waals surface area contributed by atoms with Crippen LogP contribution in [-0.4, -0.2) is 47.0 Å². The van der Waals surface area contributed by atoms with Crippen molar-refractivity contribution in [3.05, 3.63) is 70.8 Å². The van der Waals surface area contributed by atoms with Crippen molar-refractivity contribution in [3.63, 3.8) is 0 Å². The monoisotopic (exact) mass is 398 g/mol. The number of β-amino-alcohol motifs (C(OH)–C–C–N with tert-alkyl or cyclic N) is 1. The molecule has 4 N–H and O–H groups in total. The van der Waals surface area contributed by atoms with E-state index >= 15 is 0 Å². The van der Waals surface area contributed by atoms with E-state index in [0.29, 0.717) is 13.1 Å². The van der Waals surface area contributed by atoms with Crippen molar-refractivity contribution < 1.29 is 19.7 Å². The quantitative estimate of drug-likeness (QED) is 0.692. The highest BCUT2D eigenvalue weighted by molar-refractivity contribution is 5.26. The molecule has 29 heavy (non-hydrogen) atoms. The fourth-order valence-electron chi connectivity index (χ4n) is 4.11. The van der Waals surface area contributed by atoms with Crippen LogP contribution in [-0.2, 0) is 22.6 Å². The maximum absolute atomic E-state index is 9.85. The number of nitrogens with zero attached hydrogens (tertiary/aromatic N) is 1. The Morgan fingerprint density at radius 1 is 0.966 bits per heavy atom. The first-order valence-electron chi connectivity index (χ1n) is 10.3. The minimum absolute atomic E-state index is 0.00996. The largest absolute Gasteiger partial charge is 0.392 e. The van der Waals surface area contributed by atoms with Crippen molar-refractivity contribution >= 4 is 0 Å². The molecule has 2 aromatic rings. The standard InChI is InChI=1S/C23H30N2O4/c24-12-16-1-7-19(8-2-16)23-28-21(14-25-10-9-20(27)13-25)11-22(29-23)18-5-3-17(15-26)4-6-18/h1-8,20-23,26-27H,9-15,24H2/t20-,21+,22-,23?/m1/s1. The van der Waals surface area contributed by atoms with Crippen LogP contribution in [0, 0.1) is 0 Å². The van der Waals surface area contributed by atoms with E-state index in [9.17, 15) is 10.2 Å². The molecule has 4 rings (SSSR count). The van der Waals surface area contributed by atoms with Gasteiger partial charge in [-0.3, -0.25) is 4.90 Å². The van der Waals surface area contributed by atoms with Crippen LogP contribution in [0.1, 0.15) is 47.5 Å². The van der Waals surface area contributed by atoms with Gasteiger partial charge >= 0.3 is 0 Å². The van der Waals surface area contributed by atoms with Gasteiger partial charge in [0.15, 0.2) is 6.29 Å². The summed E-state index contributed by atoms with van der Waals surface area (Å²) in [7, 11) is 0. The van der Waals surface area contributed by atoms with Crippen LogP contribution in [0.4, 0.5) is 0 Å². The molecule has 0 radical (unpaired) electrons. The van der Waals surface area contributed by atoms with Crippen molar-refractivity contribution in [2.45, 2.75) is 50.6 Å². The minimum Gasteiger partial charge on any atom is -0.392 e. The second kappa shape index (κ2) is 9.34. The number of hydrogen-bond acceptors (Lipinski definition) is 6. The lowest BCUT2D eigenvalue weighted by Crippen LogP contribution is -2.38. The first-order chi connectivity index (χ1) is 14.1. The summed E-state index contributed by atoms with van der Waals surface area (Å²) in [6, 6.07) is 16.0. The molecule has 1 unspecified atom stereocenters. The van der Waals surface area contributed by atoms with Gasteiger partial charge in [0.2, 0.25) is 0 Å². The predicted molar refractivity (Wildman–Crippen MR) is 110 cm³/mol. The predicted octanol–water partition coefficient (Wildman–Crippen LogP) is 2.25. The van der Waals surface area contributed by atoms with Gasteiger partial charge in [-0.2, -0.15) is 0 Å². The van der Waals surface area contributed by atoms with E-state index in [1.807, 2.05) is 48.5 Å². The number of hydrogen-bond donors (Lipinski definition) is 3. The zero-order valence-corrected chi connectivity index (χ0v) is 16.6. The molecule has 0 bridgehead atoms. The summed E-state index contributed by atoms with van der Waals surface area (Å²) in [6.07, 6.45) is 0.803. The summed E-state index contributed by atoms with van der Waals surface area (Å²) < 4.78 is 12.7. The van der Waals surface area contributed by atoms with Crippen molar-refractivity contribution in [2.24, 2.45) is 5.73 Å². The lowest BCUT2D eigenvalue weighted by Gasteiger charge is -2.37. The summed E-state index contributed by atoms with van der Waals surface area (Å²) in [5.41, 5.74) is 9.74. The van der Waals surface area contributed by atoms with Crippen molar-refractivity contribution in [1.82, 2.24) is 4.90 Å². The van der Waals surface area contributed by atoms with Gasteiger partial charge < -0.3 is 25.4 Å². The molecular formula is C23H30N2O4. The summed E-state index contributed by atoms with van der Waals surface area (Å²) in [6.45, 7) is 2.92. The zero-order chi connectivity index (χ0) is 20.2. The molecule has 2 aliphatic heterocycles. The number of likely N-dealkylation sites (tertiary alicyclic amines) is 1. The van der Waals surface area contributed by atoms with Crippen LogP contribution in [0.15, 0.2) is 48.5 Å². The fraction of sp³-hybridized carbons (Fsp3) is 0.478. The topological polar surface area (TPSA) is 88.2 Å². The van der Waals surface area contributed by atoms with Gasteiger partial charge in [-0.1, -0.05) is 48.5 Å². The number of aliphatic hydroxyl groups excluding tert-OH is 2. The molecule has 0 aliphatic carbocycles. The third kappa shape index (κ3) is 5.04. The van der Waals surface area contributed by atoms with Crippen molar-refractivity contribution in [1.29, 1.82) is 0 Å². The van der Waals surface area contributed by atoms with Crippen LogP contribution in [0.25, 0.3) is 0 Å². The van der Waals surface area contributed by atoms with E-state index in [-0.39, 0.29) is 24.9 Å². The lowest BCUT2D eigenvalue weighted by molar-refractivity contribution is -0.252. The third-order valence-electron chi connectivity index (χ3n) is 5.81. The molecule has 4 atom stereocenters. The Hall–Kier alpha value is -1.80. The molecule has 0 aromatic heterocycles. The van der Waals surface area contributed by atoms with Crippen LogP contribution < -0.4 is 5.73 Å². The Bertz CT molecular complexity index is 725. The smallest absolute Gasteiger partial charge is 0.184 e. The highest BCUT2D eigenvalue weighted by Crippen LogP contribution is 2.38. The molecule has 6 heteroatoms. The fourth-order valence-corrected chi connectivity index (χ4v) is 4.11. The molecular weight excluding hydrogens is 368 g/mol. The summed E-state index contributed by atoms with van der Waals surface area (Å²) in [4.78, 5) is 2.27. The van der Waals surface area contributed by atoms with Crippen LogP contribution in [0.3, 0.4) is 0 Å². The van der Waals surface area contributed by atoms with Crippen LogP contribution in [0.5, 0.6) is 0 Å². The molecule has 0 saturated carbocycles. The molecule has 2 heterocycles. The zero-order valence-electron chi connectivity index (χ0n) is 16.6. The Kier molecular flexibility index (Phi) is 6.60. The maximum atomic E-state index is 9.85. The van der Waals surface area contributed by atoms with Crippen molar-refractivity contribution in [3.8, 4) is 0 Å². The Labute approximate surface area is 171 Å². The molecule has 0 spiro atoms. The van der Waals surface area contributed by atoms with Gasteiger partial charge in [-0.15, -0.1) is 0 Å². The van der Waals surface area contributed by atoms with E-state index < -0.39 is 6.29 Å². The summed E-state index contributed by atoms with van der Waals surface area (Å²) >= 11 is 0. The second-order valence-electron chi connectivity index (χ2n) is 8.00. The normalized spacial score (nSPS) is 28.0. The molecule has 6 nitrogen and oxygen atoms in total. The number of rotatable bonds is 6. The van der Waals surface area contributed by atoms with E-state index in [1.54, 1.807) is 0 Å². The van der Waals surface area contributed by atoms with Crippen LogP contribution in [0.2, 0.25) is 0 Å². The number of nitrogens with two attached hydrogens (primary N) is 1. The highest BCUT2D eigenvalue weighted by atomic mass is 16.7. The number of ether oxygens (including phenoxy) is 2. The summed E-state index contributed by atoms with van der Waals surface area (Å²) in [5, 5.41) is 19.2. The van der Waals surface area contributed by atoms with Crippen LogP contribution >= 0.6 is 0 Å². The molecule has 0 amide bonds. The lowest BCUT2D eigenvalue weighted by atomic mass is 9.99.